The van der Waals surface area contributed by atoms with Crippen molar-refractivity contribution in [2.45, 2.75) is 96.2 Å². The lowest BCUT2D eigenvalue weighted by Gasteiger charge is -2.39. The molecule has 1 amide bonds. The number of nitrogens with two attached hydrogens (primary N) is 1. The zero-order chi connectivity index (χ0) is 25.7. The maximum atomic E-state index is 12.0. The smallest absolute Gasteiger partial charge is 0.330 e. The van der Waals surface area contributed by atoms with Gasteiger partial charge in [-0.2, -0.15) is 0 Å². The summed E-state index contributed by atoms with van der Waals surface area (Å²) >= 11 is 0. The Balaban J connectivity index is 2.41. The van der Waals surface area contributed by atoms with Crippen LogP contribution in [0, 0.1) is 11.8 Å². The molecule has 34 heavy (non-hydrogen) atoms. The molecule has 196 valence electrons. The second-order valence-corrected chi connectivity index (χ2v) is 9.29. The van der Waals surface area contributed by atoms with Gasteiger partial charge in [-0.25, -0.2) is 4.79 Å². The van der Waals surface area contributed by atoms with Gasteiger partial charge in [-0.3, -0.25) is 4.79 Å². The summed E-state index contributed by atoms with van der Waals surface area (Å²) < 4.78 is 10.8. The van der Waals surface area contributed by atoms with E-state index in [0.717, 1.165) is 25.7 Å². The molecule has 0 bridgehead atoms. The second-order valence-electron chi connectivity index (χ2n) is 9.29. The van der Waals surface area contributed by atoms with Crippen LogP contribution in [0.4, 0.5) is 0 Å². The Bertz CT molecular complexity index is 678. The van der Waals surface area contributed by atoms with Gasteiger partial charge in [0.25, 0.3) is 0 Å². The molecule has 0 radical (unpaired) electrons. The van der Waals surface area contributed by atoms with Gasteiger partial charge in [0.05, 0.1) is 25.4 Å². The summed E-state index contributed by atoms with van der Waals surface area (Å²) in [4.78, 5) is 22.7. The third kappa shape index (κ3) is 11.1. The van der Waals surface area contributed by atoms with Gasteiger partial charge in [-0.1, -0.05) is 38.3 Å². The van der Waals surface area contributed by atoms with Crippen molar-refractivity contribution in [3.05, 3.63) is 23.8 Å². The Labute approximate surface area is 202 Å². The zero-order valence-electron chi connectivity index (χ0n) is 20.6. The SMILES string of the molecule is C/C(=C\C(=O)OCCCCCCCC(N)=O)[C@@H](O)[C@@H]1OC[C@H](C/C=C/[C@@H](C)[C@H](C)O)[C@@H](O)[C@H]1O. The van der Waals surface area contributed by atoms with Crippen molar-refractivity contribution >= 4 is 11.9 Å². The quantitative estimate of drug-likeness (QED) is 0.101. The van der Waals surface area contributed by atoms with Crippen molar-refractivity contribution < 1.29 is 39.5 Å². The molecule has 1 rings (SSSR count). The lowest BCUT2D eigenvalue weighted by molar-refractivity contribution is -0.187. The molecule has 6 N–H and O–H groups in total. The monoisotopic (exact) mass is 485 g/mol. The van der Waals surface area contributed by atoms with E-state index in [-0.39, 0.29) is 36.5 Å². The number of primary amides is 1. The molecule has 1 fully saturated rings. The predicted molar refractivity (Wildman–Crippen MR) is 127 cm³/mol. The number of unbranched alkanes of at least 4 members (excludes halogenated alkanes) is 4. The van der Waals surface area contributed by atoms with Crippen molar-refractivity contribution in [3.8, 4) is 0 Å². The van der Waals surface area contributed by atoms with Crippen molar-refractivity contribution in [3.63, 3.8) is 0 Å². The molecule has 9 nitrogen and oxygen atoms in total. The molecule has 0 unspecified atom stereocenters. The largest absolute Gasteiger partial charge is 0.463 e. The molecule has 1 heterocycles. The van der Waals surface area contributed by atoms with Crippen LogP contribution in [0.5, 0.6) is 0 Å². The fraction of sp³-hybridized carbons (Fsp3) is 0.760. The molecular formula is C25H43NO8. The molecule has 1 aliphatic rings. The first-order valence-electron chi connectivity index (χ1n) is 12.2. The van der Waals surface area contributed by atoms with Crippen LogP contribution in [0.3, 0.4) is 0 Å². The summed E-state index contributed by atoms with van der Waals surface area (Å²) in [7, 11) is 0. The Morgan fingerprint density at radius 2 is 1.74 bits per heavy atom. The minimum absolute atomic E-state index is 0.0260. The van der Waals surface area contributed by atoms with Crippen molar-refractivity contribution in [1.29, 1.82) is 0 Å². The first-order chi connectivity index (χ1) is 16.0. The number of allylic oxidation sites excluding steroid dienone is 1. The van der Waals surface area contributed by atoms with E-state index in [1.165, 1.54) is 6.08 Å². The van der Waals surface area contributed by atoms with E-state index in [0.29, 0.717) is 19.3 Å². The molecule has 0 aromatic carbocycles. The molecule has 0 aromatic heterocycles. The lowest BCUT2D eigenvalue weighted by Crippen LogP contribution is -2.54. The molecule has 0 spiro atoms. The Hall–Kier alpha value is -1.78. The number of hydrogen-bond acceptors (Lipinski definition) is 8. The van der Waals surface area contributed by atoms with Crippen molar-refractivity contribution in [1.82, 2.24) is 0 Å². The fourth-order valence-electron chi connectivity index (χ4n) is 3.70. The summed E-state index contributed by atoms with van der Waals surface area (Å²) in [6.07, 6.45) is 4.66. The van der Waals surface area contributed by atoms with Crippen LogP contribution >= 0.6 is 0 Å². The summed E-state index contributed by atoms with van der Waals surface area (Å²) in [6.45, 7) is 5.51. The number of ether oxygens (including phenoxy) is 2. The summed E-state index contributed by atoms with van der Waals surface area (Å²) in [5.41, 5.74) is 5.36. The molecular weight excluding hydrogens is 442 g/mol. The van der Waals surface area contributed by atoms with E-state index in [1.54, 1.807) is 13.8 Å². The van der Waals surface area contributed by atoms with Gasteiger partial charge in [0, 0.05) is 18.4 Å². The summed E-state index contributed by atoms with van der Waals surface area (Å²) in [5, 5.41) is 41.1. The second kappa shape index (κ2) is 16.0. The highest BCUT2D eigenvalue weighted by molar-refractivity contribution is 5.82. The number of rotatable bonds is 15. The molecule has 0 saturated carbocycles. The molecule has 1 saturated heterocycles. The van der Waals surface area contributed by atoms with Gasteiger partial charge in [0.15, 0.2) is 0 Å². The van der Waals surface area contributed by atoms with E-state index >= 15 is 0 Å². The third-order valence-corrected chi connectivity index (χ3v) is 6.25. The van der Waals surface area contributed by atoms with E-state index in [9.17, 15) is 30.0 Å². The molecule has 0 aromatic rings. The van der Waals surface area contributed by atoms with Gasteiger partial charge in [0.1, 0.15) is 18.3 Å². The normalized spacial score (nSPS) is 26.3. The van der Waals surface area contributed by atoms with Gasteiger partial charge < -0.3 is 35.6 Å². The van der Waals surface area contributed by atoms with E-state index in [2.05, 4.69) is 0 Å². The maximum absolute atomic E-state index is 12.0. The Morgan fingerprint density at radius 3 is 2.38 bits per heavy atom. The van der Waals surface area contributed by atoms with Crippen molar-refractivity contribution in [2.75, 3.05) is 13.2 Å². The van der Waals surface area contributed by atoms with Gasteiger partial charge >= 0.3 is 5.97 Å². The number of aliphatic hydroxyl groups is 4. The van der Waals surface area contributed by atoms with Crippen LogP contribution in [0.2, 0.25) is 0 Å². The highest BCUT2D eigenvalue weighted by Crippen LogP contribution is 2.27. The highest BCUT2D eigenvalue weighted by Gasteiger charge is 2.41. The summed E-state index contributed by atoms with van der Waals surface area (Å²) in [5.74, 6) is -1.26. The average molecular weight is 486 g/mol. The summed E-state index contributed by atoms with van der Waals surface area (Å²) in [6, 6.07) is 0. The first kappa shape index (κ1) is 30.3. The van der Waals surface area contributed by atoms with Gasteiger partial charge in [0.2, 0.25) is 5.91 Å². The van der Waals surface area contributed by atoms with Crippen LogP contribution in [0.25, 0.3) is 0 Å². The van der Waals surface area contributed by atoms with Crippen molar-refractivity contribution in [2.24, 2.45) is 17.6 Å². The number of carbonyl (C=O) groups is 2. The van der Waals surface area contributed by atoms with Crippen LogP contribution in [0.15, 0.2) is 23.8 Å². The standard InChI is InChI=1S/C25H43NO8/c1-16(18(3)27)10-9-11-19-15-34-25(24(32)23(19)31)22(30)17(2)14-21(29)33-13-8-6-4-5-7-12-20(26)28/h9-10,14,16,18-19,22-25,27,30-32H,4-8,11-13,15H2,1-3H3,(H2,26,28)/b10-9+,17-14+/t16-,18+,19+,22-,23-,24-,25+/m1/s1. The molecule has 1 aliphatic heterocycles. The average Bonchev–Trinajstić information content (AvgIpc) is 2.77. The van der Waals surface area contributed by atoms with Crippen LogP contribution in [-0.4, -0.2) is 76.0 Å². The van der Waals surface area contributed by atoms with E-state index < -0.39 is 36.5 Å². The van der Waals surface area contributed by atoms with E-state index in [1.807, 2.05) is 19.1 Å². The Morgan fingerprint density at radius 1 is 1.09 bits per heavy atom. The number of aliphatic hydroxyl groups excluding tert-OH is 4. The minimum Gasteiger partial charge on any atom is -0.463 e. The van der Waals surface area contributed by atoms with Gasteiger partial charge in [-0.15, -0.1) is 0 Å². The lowest BCUT2D eigenvalue weighted by atomic mass is 9.86. The number of carbonyl (C=O) groups excluding carboxylic acids is 2. The fourth-order valence-corrected chi connectivity index (χ4v) is 3.70. The molecule has 9 heteroatoms. The Kier molecular flexibility index (Phi) is 14.2. The number of esters is 1. The minimum atomic E-state index is -1.31. The maximum Gasteiger partial charge on any atom is 0.330 e. The zero-order valence-corrected chi connectivity index (χ0v) is 20.6. The molecule has 7 atom stereocenters. The third-order valence-electron chi connectivity index (χ3n) is 6.25. The van der Waals surface area contributed by atoms with Crippen LogP contribution in [0.1, 0.15) is 65.7 Å². The predicted octanol–water partition coefficient (Wildman–Crippen LogP) is 1.36. The number of hydrogen-bond donors (Lipinski definition) is 5. The highest BCUT2D eigenvalue weighted by atomic mass is 16.5. The van der Waals surface area contributed by atoms with E-state index in [4.69, 9.17) is 15.2 Å². The van der Waals surface area contributed by atoms with Crippen LogP contribution < -0.4 is 5.73 Å². The first-order valence-corrected chi connectivity index (χ1v) is 12.2. The number of amides is 1. The van der Waals surface area contributed by atoms with Crippen LogP contribution in [-0.2, 0) is 19.1 Å². The topological polar surface area (TPSA) is 160 Å². The molecule has 0 aliphatic carbocycles. The van der Waals surface area contributed by atoms with Gasteiger partial charge in [-0.05, 0) is 44.6 Å².